The Morgan fingerprint density at radius 1 is 0.636 bits per heavy atom. The van der Waals surface area contributed by atoms with Crippen LogP contribution in [0.25, 0.3) is 0 Å². The number of rotatable bonds is 2. The van der Waals surface area contributed by atoms with Gasteiger partial charge >= 0.3 is 0 Å². The molecule has 10 heteroatoms. The maximum Gasteiger partial charge on any atom is 0.111 e. The van der Waals surface area contributed by atoms with Crippen LogP contribution in [0.5, 0.6) is 0 Å². The zero-order valence-corrected chi connectivity index (χ0v) is 11.6. The third kappa shape index (κ3) is 2.99. The van der Waals surface area contributed by atoms with Gasteiger partial charge in [-0.2, -0.15) is 0 Å². The van der Waals surface area contributed by atoms with Crippen LogP contribution in [0.4, 0.5) is 0 Å². The van der Waals surface area contributed by atoms with Crippen LogP contribution in [0.2, 0.25) is 0 Å². The summed E-state index contributed by atoms with van der Waals surface area (Å²) in [5, 5.41) is 77.4. The maximum absolute atomic E-state index is 9.91. The van der Waals surface area contributed by atoms with Crippen LogP contribution in [0.3, 0.4) is 0 Å². The van der Waals surface area contributed by atoms with Gasteiger partial charge in [-0.3, -0.25) is 0 Å². The third-order valence-electron chi connectivity index (χ3n) is 4.44. The van der Waals surface area contributed by atoms with Gasteiger partial charge in [0.15, 0.2) is 0 Å². The van der Waals surface area contributed by atoms with Crippen LogP contribution in [0.1, 0.15) is 6.42 Å². The minimum absolute atomic E-state index is 0.246. The molecule has 2 aliphatic rings. The van der Waals surface area contributed by atoms with Crippen molar-refractivity contribution in [3.63, 3.8) is 0 Å². The molecule has 0 amide bonds. The molecule has 0 unspecified atom stereocenters. The number of aliphatic hydroxyl groups excluding tert-OH is 8. The largest absolute Gasteiger partial charge is 0.390 e. The van der Waals surface area contributed by atoms with E-state index in [4.69, 9.17) is 10.5 Å². The van der Waals surface area contributed by atoms with E-state index in [1.165, 1.54) is 0 Å². The fourth-order valence-electron chi connectivity index (χ4n) is 2.92. The van der Waals surface area contributed by atoms with Gasteiger partial charge in [-0.05, 0) is 0 Å². The lowest BCUT2D eigenvalue weighted by atomic mass is 9.82. The van der Waals surface area contributed by atoms with E-state index in [-0.39, 0.29) is 6.42 Å². The summed E-state index contributed by atoms with van der Waals surface area (Å²) in [5.41, 5.74) is 5.66. The van der Waals surface area contributed by atoms with E-state index in [1.807, 2.05) is 0 Å². The van der Waals surface area contributed by atoms with E-state index >= 15 is 0 Å². The number of hydrogen-bond donors (Lipinski definition) is 9. The summed E-state index contributed by atoms with van der Waals surface area (Å²) in [7, 11) is 0. The number of nitrogens with two attached hydrogens (primary N) is 1. The molecule has 11 atom stereocenters. The van der Waals surface area contributed by atoms with E-state index < -0.39 is 67.1 Å². The Kier molecular flexibility index (Phi) is 5.39. The van der Waals surface area contributed by atoms with Crippen molar-refractivity contribution in [2.45, 2.75) is 73.5 Å². The van der Waals surface area contributed by atoms with Gasteiger partial charge in [0.05, 0.1) is 18.2 Å². The zero-order valence-electron chi connectivity index (χ0n) is 11.6. The lowest BCUT2D eigenvalue weighted by molar-refractivity contribution is -0.245. The predicted octanol–water partition coefficient (Wildman–Crippen LogP) is -5.63. The second-order valence-electron chi connectivity index (χ2n) is 5.95. The molecule has 0 bridgehead atoms. The molecule has 2 aliphatic carbocycles. The highest BCUT2D eigenvalue weighted by Crippen LogP contribution is 2.29. The smallest absolute Gasteiger partial charge is 0.111 e. The quantitative estimate of drug-likeness (QED) is 0.236. The first kappa shape index (κ1) is 17.9. The molecule has 0 saturated heterocycles. The summed E-state index contributed by atoms with van der Waals surface area (Å²) >= 11 is 0. The minimum Gasteiger partial charge on any atom is -0.390 e. The Balaban J connectivity index is 2.11. The fourth-order valence-corrected chi connectivity index (χ4v) is 2.92. The Bertz CT molecular complexity index is 370. The van der Waals surface area contributed by atoms with E-state index in [0.717, 1.165) is 0 Å². The van der Waals surface area contributed by atoms with Gasteiger partial charge in [0, 0.05) is 6.42 Å². The summed E-state index contributed by atoms with van der Waals surface area (Å²) in [5.74, 6) is 0. The van der Waals surface area contributed by atoms with Crippen LogP contribution in [-0.4, -0.2) is 108 Å². The van der Waals surface area contributed by atoms with Crippen molar-refractivity contribution in [1.82, 2.24) is 0 Å². The first-order chi connectivity index (χ1) is 10.2. The van der Waals surface area contributed by atoms with Crippen molar-refractivity contribution >= 4 is 0 Å². The second kappa shape index (κ2) is 6.61. The highest BCUT2D eigenvalue weighted by atomic mass is 16.5. The van der Waals surface area contributed by atoms with Crippen LogP contribution >= 0.6 is 0 Å². The molecule has 0 heterocycles. The number of aliphatic hydroxyl groups is 8. The molecule has 2 saturated carbocycles. The summed E-state index contributed by atoms with van der Waals surface area (Å²) in [6.45, 7) is 0. The molecule has 2 rings (SSSR count). The Labute approximate surface area is 126 Å². The standard InChI is InChI=1S/C12H23NO9/c13-4-7(17)9(19)10(20)11(21)12(4)22-3-1-2(14)5(15)8(18)6(3)16/h2-12,14-21H,1,13H2/t2-,3+,4-,5-,6-,7-,8+,9-,10+,11+,12+/m0/s1. The molecular formula is C12H23NO9. The van der Waals surface area contributed by atoms with Gasteiger partial charge in [0.1, 0.15) is 48.8 Å². The van der Waals surface area contributed by atoms with Crippen LogP contribution in [0.15, 0.2) is 0 Å². The molecule has 0 aliphatic heterocycles. The van der Waals surface area contributed by atoms with Crippen LogP contribution in [-0.2, 0) is 4.74 Å². The van der Waals surface area contributed by atoms with E-state index in [2.05, 4.69) is 0 Å². The van der Waals surface area contributed by atoms with Crippen molar-refractivity contribution in [3.8, 4) is 0 Å². The molecule has 10 N–H and O–H groups in total. The molecule has 0 radical (unpaired) electrons. The maximum atomic E-state index is 9.91. The number of hydrogen-bond acceptors (Lipinski definition) is 10. The molecule has 0 aromatic carbocycles. The lowest BCUT2D eigenvalue weighted by Gasteiger charge is -2.46. The Hall–Kier alpha value is -0.400. The average molecular weight is 325 g/mol. The van der Waals surface area contributed by atoms with Gasteiger partial charge in [-0.1, -0.05) is 0 Å². The summed E-state index contributed by atoms with van der Waals surface area (Å²) in [6, 6.07) is -1.26. The van der Waals surface area contributed by atoms with Gasteiger partial charge in [0.25, 0.3) is 0 Å². The highest BCUT2D eigenvalue weighted by molar-refractivity contribution is 5.03. The van der Waals surface area contributed by atoms with Crippen molar-refractivity contribution in [3.05, 3.63) is 0 Å². The van der Waals surface area contributed by atoms with Crippen molar-refractivity contribution in [2.24, 2.45) is 5.73 Å². The molecule has 22 heavy (non-hydrogen) atoms. The topological polar surface area (TPSA) is 197 Å². The summed E-state index contributed by atoms with van der Waals surface area (Å²) in [4.78, 5) is 0. The average Bonchev–Trinajstić information content (AvgIpc) is 2.50. The summed E-state index contributed by atoms with van der Waals surface area (Å²) in [6.07, 6.45) is -15.5. The normalized spacial score (nSPS) is 56.9. The molecule has 2 fully saturated rings. The molecule has 0 spiro atoms. The second-order valence-corrected chi connectivity index (χ2v) is 5.95. The van der Waals surface area contributed by atoms with Crippen molar-refractivity contribution < 1.29 is 45.6 Å². The SMILES string of the molecule is N[C@H]1[C@H](O)[C@H](O)[C@@H](O)[C@@H](O)[C@@H]1O[C@@H]1C[C@H](O)[C@H](O)[C@@H](O)[C@H]1O. The molecule has 130 valence electrons. The third-order valence-corrected chi connectivity index (χ3v) is 4.44. The highest BCUT2D eigenvalue weighted by Gasteiger charge is 2.51. The van der Waals surface area contributed by atoms with Gasteiger partial charge < -0.3 is 51.3 Å². The van der Waals surface area contributed by atoms with E-state index in [0.29, 0.717) is 0 Å². The Morgan fingerprint density at radius 3 is 1.73 bits per heavy atom. The Morgan fingerprint density at radius 2 is 1.14 bits per heavy atom. The van der Waals surface area contributed by atoms with E-state index in [1.54, 1.807) is 0 Å². The van der Waals surface area contributed by atoms with Gasteiger partial charge in [-0.25, -0.2) is 0 Å². The first-order valence-electron chi connectivity index (χ1n) is 7.02. The molecular weight excluding hydrogens is 302 g/mol. The van der Waals surface area contributed by atoms with Crippen molar-refractivity contribution in [2.75, 3.05) is 0 Å². The van der Waals surface area contributed by atoms with Gasteiger partial charge in [-0.15, -0.1) is 0 Å². The first-order valence-corrected chi connectivity index (χ1v) is 7.02. The minimum atomic E-state index is -1.71. The molecule has 10 nitrogen and oxygen atoms in total. The van der Waals surface area contributed by atoms with Gasteiger partial charge in [0.2, 0.25) is 0 Å². The number of ether oxygens (including phenoxy) is 1. The lowest BCUT2D eigenvalue weighted by Crippen LogP contribution is -2.68. The monoisotopic (exact) mass is 325 g/mol. The fraction of sp³-hybridized carbons (Fsp3) is 1.00. The van der Waals surface area contributed by atoms with Crippen LogP contribution < -0.4 is 5.73 Å². The predicted molar refractivity (Wildman–Crippen MR) is 69.3 cm³/mol. The molecule has 0 aromatic rings. The van der Waals surface area contributed by atoms with Crippen molar-refractivity contribution in [1.29, 1.82) is 0 Å². The summed E-state index contributed by atoms with van der Waals surface area (Å²) < 4.78 is 5.36. The van der Waals surface area contributed by atoms with Crippen LogP contribution in [0, 0.1) is 0 Å². The zero-order chi connectivity index (χ0) is 16.8. The molecule has 0 aromatic heterocycles. The van der Waals surface area contributed by atoms with E-state index in [9.17, 15) is 40.9 Å².